The highest BCUT2D eigenvalue weighted by molar-refractivity contribution is 5.76. The summed E-state index contributed by atoms with van der Waals surface area (Å²) in [5.74, 6) is -0.114. The van der Waals surface area contributed by atoms with Gasteiger partial charge >= 0.3 is 12.0 Å². The maximum absolute atomic E-state index is 12.1. The van der Waals surface area contributed by atoms with Gasteiger partial charge in [0.2, 0.25) is 0 Å². The Kier molecular flexibility index (Phi) is 5.44. The number of carbonyl (C=O) groups is 2. The molecule has 2 amide bonds. The van der Waals surface area contributed by atoms with Crippen molar-refractivity contribution in [1.82, 2.24) is 10.2 Å². The van der Waals surface area contributed by atoms with Crippen molar-refractivity contribution in [3.8, 4) is 0 Å². The van der Waals surface area contributed by atoms with E-state index in [-0.39, 0.29) is 24.4 Å². The molecule has 5 nitrogen and oxygen atoms in total. The fourth-order valence-corrected chi connectivity index (χ4v) is 1.86. The third kappa shape index (κ3) is 4.94. The van der Waals surface area contributed by atoms with Crippen LogP contribution in [0.2, 0.25) is 0 Å². The van der Waals surface area contributed by atoms with Gasteiger partial charge in [0.05, 0.1) is 6.42 Å². The summed E-state index contributed by atoms with van der Waals surface area (Å²) in [5, 5.41) is 11.7. The molecule has 1 saturated carbocycles. The molecule has 104 valence electrons. The molecule has 0 saturated heterocycles. The van der Waals surface area contributed by atoms with Crippen LogP contribution in [0.25, 0.3) is 0 Å². The number of amides is 2. The van der Waals surface area contributed by atoms with Crippen molar-refractivity contribution < 1.29 is 14.7 Å². The maximum atomic E-state index is 12.1. The third-order valence-electron chi connectivity index (χ3n) is 3.35. The summed E-state index contributed by atoms with van der Waals surface area (Å²) in [6.45, 7) is 7.25. The first kappa shape index (κ1) is 14.8. The number of carbonyl (C=O) groups excluding carboxylic acids is 1. The van der Waals surface area contributed by atoms with Crippen LogP contribution in [0.4, 0.5) is 4.79 Å². The molecule has 1 aliphatic carbocycles. The van der Waals surface area contributed by atoms with Crippen LogP contribution in [0, 0.1) is 11.8 Å². The van der Waals surface area contributed by atoms with Crippen molar-refractivity contribution in [2.75, 3.05) is 13.1 Å². The highest BCUT2D eigenvalue weighted by atomic mass is 16.4. The molecule has 0 aromatic rings. The van der Waals surface area contributed by atoms with E-state index in [1.165, 1.54) is 12.8 Å². The summed E-state index contributed by atoms with van der Waals surface area (Å²) < 4.78 is 0. The summed E-state index contributed by atoms with van der Waals surface area (Å²) in [6.07, 6.45) is 2.38. The van der Waals surface area contributed by atoms with Gasteiger partial charge in [-0.25, -0.2) is 4.79 Å². The van der Waals surface area contributed by atoms with Crippen LogP contribution in [0.3, 0.4) is 0 Å². The summed E-state index contributed by atoms with van der Waals surface area (Å²) in [5.41, 5.74) is 0. The van der Waals surface area contributed by atoms with E-state index in [2.05, 4.69) is 5.32 Å². The molecule has 1 fully saturated rings. The van der Waals surface area contributed by atoms with E-state index in [1.807, 2.05) is 20.8 Å². The van der Waals surface area contributed by atoms with Gasteiger partial charge in [-0.2, -0.15) is 0 Å². The second kappa shape index (κ2) is 6.61. The molecule has 0 aliphatic heterocycles. The number of hydrogen-bond acceptors (Lipinski definition) is 2. The molecule has 18 heavy (non-hydrogen) atoms. The highest BCUT2D eigenvalue weighted by Crippen LogP contribution is 2.29. The molecule has 2 N–H and O–H groups in total. The third-order valence-corrected chi connectivity index (χ3v) is 3.35. The maximum Gasteiger partial charge on any atom is 0.317 e. The normalized spacial score (nSPS) is 16.4. The monoisotopic (exact) mass is 256 g/mol. The molecule has 5 heteroatoms. The van der Waals surface area contributed by atoms with Crippen LogP contribution in [-0.4, -0.2) is 41.1 Å². The van der Waals surface area contributed by atoms with Gasteiger partial charge in [-0.1, -0.05) is 13.8 Å². The van der Waals surface area contributed by atoms with Gasteiger partial charge in [0.15, 0.2) is 0 Å². The van der Waals surface area contributed by atoms with Gasteiger partial charge < -0.3 is 15.3 Å². The van der Waals surface area contributed by atoms with Crippen LogP contribution in [0.1, 0.15) is 40.0 Å². The van der Waals surface area contributed by atoms with Gasteiger partial charge in [-0.15, -0.1) is 0 Å². The zero-order valence-corrected chi connectivity index (χ0v) is 11.5. The Balaban J connectivity index is 2.49. The largest absolute Gasteiger partial charge is 0.481 e. The van der Waals surface area contributed by atoms with Crippen LogP contribution < -0.4 is 5.32 Å². The molecule has 0 aromatic heterocycles. The van der Waals surface area contributed by atoms with E-state index in [0.29, 0.717) is 12.5 Å². The van der Waals surface area contributed by atoms with E-state index in [9.17, 15) is 9.59 Å². The molecule has 1 atom stereocenters. The summed E-state index contributed by atoms with van der Waals surface area (Å²) in [7, 11) is 0. The minimum absolute atomic E-state index is 0.0234. The van der Waals surface area contributed by atoms with Gasteiger partial charge in [0.1, 0.15) is 0 Å². The lowest BCUT2D eigenvalue weighted by atomic mass is 10.0. The molecule has 1 aliphatic rings. The Morgan fingerprint density at radius 1 is 1.39 bits per heavy atom. The molecule has 0 spiro atoms. The predicted molar refractivity (Wildman–Crippen MR) is 69.4 cm³/mol. The first-order chi connectivity index (χ1) is 8.43. The number of nitrogens with zero attached hydrogens (tertiary/aromatic N) is 1. The summed E-state index contributed by atoms with van der Waals surface area (Å²) in [6, 6.07) is -0.437. The molecule has 0 aromatic carbocycles. The Bertz CT molecular complexity index is 301. The first-order valence-corrected chi connectivity index (χ1v) is 6.71. The van der Waals surface area contributed by atoms with Gasteiger partial charge in [0, 0.05) is 19.1 Å². The molecular formula is C13H24N2O3. The van der Waals surface area contributed by atoms with Crippen molar-refractivity contribution in [2.24, 2.45) is 11.8 Å². The highest BCUT2D eigenvalue weighted by Gasteiger charge is 2.27. The lowest BCUT2D eigenvalue weighted by molar-refractivity contribution is -0.137. The lowest BCUT2D eigenvalue weighted by Gasteiger charge is -2.26. The average molecular weight is 256 g/mol. The zero-order chi connectivity index (χ0) is 13.7. The Hall–Kier alpha value is -1.26. The van der Waals surface area contributed by atoms with Crippen LogP contribution in [0.5, 0.6) is 0 Å². The fraction of sp³-hybridized carbons (Fsp3) is 0.846. The van der Waals surface area contributed by atoms with Crippen molar-refractivity contribution in [1.29, 1.82) is 0 Å². The van der Waals surface area contributed by atoms with Gasteiger partial charge in [-0.3, -0.25) is 4.79 Å². The number of carboxylic acid groups (broad SMARTS) is 1. The zero-order valence-electron chi connectivity index (χ0n) is 11.5. The van der Waals surface area contributed by atoms with E-state index in [1.54, 1.807) is 4.90 Å². The van der Waals surface area contributed by atoms with Gasteiger partial charge in [0.25, 0.3) is 0 Å². The van der Waals surface area contributed by atoms with E-state index >= 15 is 0 Å². The molecule has 1 rings (SSSR count). The lowest BCUT2D eigenvalue weighted by Crippen LogP contribution is -2.48. The van der Waals surface area contributed by atoms with Gasteiger partial charge in [-0.05, 0) is 31.6 Å². The topological polar surface area (TPSA) is 69.6 Å². The van der Waals surface area contributed by atoms with Crippen LogP contribution in [0.15, 0.2) is 0 Å². The molecule has 0 radical (unpaired) electrons. The van der Waals surface area contributed by atoms with Crippen molar-refractivity contribution in [3.63, 3.8) is 0 Å². The second-order valence-electron chi connectivity index (χ2n) is 5.38. The smallest absolute Gasteiger partial charge is 0.317 e. The summed E-state index contributed by atoms with van der Waals surface area (Å²) >= 11 is 0. The fourth-order valence-electron chi connectivity index (χ4n) is 1.86. The average Bonchev–Trinajstić information content (AvgIpc) is 3.07. The van der Waals surface area contributed by atoms with Crippen molar-refractivity contribution in [3.05, 3.63) is 0 Å². The number of hydrogen-bond donors (Lipinski definition) is 2. The van der Waals surface area contributed by atoms with E-state index < -0.39 is 5.97 Å². The number of rotatable bonds is 7. The quantitative estimate of drug-likeness (QED) is 0.731. The Morgan fingerprint density at radius 2 is 2.00 bits per heavy atom. The van der Waals surface area contributed by atoms with E-state index in [4.69, 9.17) is 5.11 Å². The Morgan fingerprint density at radius 3 is 2.39 bits per heavy atom. The van der Waals surface area contributed by atoms with Crippen molar-refractivity contribution >= 4 is 12.0 Å². The summed E-state index contributed by atoms with van der Waals surface area (Å²) in [4.78, 5) is 24.6. The van der Waals surface area contributed by atoms with Crippen LogP contribution in [-0.2, 0) is 4.79 Å². The SMILES string of the molecule is CCN(CC1CC1)C(=O)NC(CC(=O)O)C(C)C. The number of carboxylic acids is 1. The Labute approximate surface area is 109 Å². The second-order valence-corrected chi connectivity index (χ2v) is 5.38. The number of aliphatic carboxylic acids is 1. The molecule has 1 unspecified atom stereocenters. The van der Waals surface area contributed by atoms with E-state index in [0.717, 1.165) is 6.54 Å². The van der Waals surface area contributed by atoms with Crippen LogP contribution >= 0.6 is 0 Å². The molecule has 0 bridgehead atoms. The number of nitrogens with one attached hydrogen (secondary N) is 1. The molecular weight excluding hydrogens is 232 g/mol. The minimum Gasteiger partial charge on any atom is -0.481 e. The molecule has 0 heterocycles. The standard InChI is InChI=1S/C13H24N2O3/c1-4-15(8-10-5-6-10)13(18)14-11(9(2)3)7-12(16)17/h9-11H,4-8H2,1-3H3,(H,14,18)(H,16,17). The first-order valence-electron chi connectivity index (χ1n) is 6.71. The number of urea groups is 1. The predicted octanol–water partition coefficient (Wildman–Crippen LogP) is 1.93. The van der Waals surface area contributed by atoms with Crippen molar-refractivity contribution in [2.45, 2.75) is 46.1 Å². The minimum atomic E-state index is -0.876.